The first kappa shape index (κ1) is 14.9. The number of carbonyl (C=O) groups excluding carboxylic acids is 1. The molecule has 0 bridgehead atoms. The summed E-state index contributed by atoms with van der Waals surface area (Å²) < 4.78 is 0. The number of halogens is 1. The van der Waals surface area contributed by atoms with Crippen LogP contribution in [0.3, 0.4) is 0 Å². The highest BCUT2D eigenvalue weighted by atomic mass is 35.5. The molecule has 0 aromatic heterocycles. The van der Waals surface area contributed by atoms with Crippen LogP contribution in [0.15, 0.2) is 24.3 Å². The summed E-state index contributed by atoms with van der Waals surface area (Å²) in [5, 5.41) is 12.3. The Morgan fingerprint density at radius 3 is 2.85 bits per heavy atom. The van der Waals surface area contributed by atoms with Crippen molar-refractivity contribution < 1.29 is 14.7 Å². The van der Waals surface area contributed by atoms with Gasteiger partial charge in [-0.1, -0.05) is 37.1 Å². The second-order valence-corrected chi connectivity index (χ2v) is 5.63. The van der Waals surface area contributed by atoms with E-state index in [1.54, 1.807) is 6.07 Å². The summed E-state index contributed by atoms with van der Waals surface area (Å²) in [7, 11) is 0. The van der Waals surface area contributed by atoms with E-state index in [0.717, 1.165) is 18.4 Å². The molecular weight excluding hydrogens is 278 g/mol. The van der Waals surface area contributed by atoms with Crippen molar-refractivity contribution in [2.75, 3.05) is 0 Å². The Hall–Kier alpha value is -1.55. The summed E-state index contributed by atoms with van der Waals surface area (Å²) in [6, 6.07) is 6.69. The van der Waals surface area contributed by atoms with E-state index in [1.807, 2.05) is 25.1 Å². The van der Waals surface area contributed by atoms with Gasteiger partial charge in [0.2, 0.25) is 5.91 Å². The topological polar surface area (TPSA) is 66.4 Å². The lowest BCUT2D eigenvalue weighted by molar-refractivity contribution is -0.142. The monoisotopic (exact) mass is 295 g/mol. The number of carbonyl (C=O) groups is 2. The van der Waals surface area contributed by atoms with E-state index in [4.69, 9.17) is 16.7 Å². The number of benzene rings is 1. The lowest BCUT2D eigenvalue weighted by atomic mass is 10.1. The van der Waals surface area contributed by atoms with Gasteiger partial charge in [-0.3, -0.25) is 4.79 Å². The average molecular weight is 296 g/mol. The van der Waals surface area contributed by atoms with Gasteiger partial charge < -0.3 is 10.4 Å². The number of carboxylic acid groups (broad SMARTS) is 1. The molecule has 2 rings (SSSR count). The Morgan fingerprint density at radius 1 is 1.50 bits per heavy atom. The number of carboxylic acids is 1. The minimum atomic E-state index is -0.972. The van der Waals surface area contributed by atoms with Crippen molar-refractivity contribution >= 4 is 23.5 Å². The van der Waals surface area contributed by atoms with Crippen LogP contribution in [0.5, 0.6) is 0 Å². The van der Waals surface area contributed by atoms with E-state index >= 15 is 0 Å². The molecule has 0 spiro atoms. The highest BCUT2D eigenvalue weighted by Gasteiger charge is 2.44. The molecule has 1 amide bonds. The molecule has 3 atom stereocenters. The SMILES string of the molecule is CCCC(NC(=O)C1CC1c1cccc(Cl)c1)C(=O)O. The molecule has 2 N–H and O–H groups in total. The van der Waals surface area contributed by atoms with Crippen molar-refractivity contribution in [3.63, 3.8) is 0 Å². The fraction of sp³-hybridized carbons (Fsp3) is 0.467. The fourth-order valence-corrected chi connectivity index (χ4v) is 2.61. The third-order valence-corrected chi connectivity index (χ3v) is 3.83. The van der Waals surface area contributed by atoms with Gasteiger partial charge >= 0.3 is 5.97 Å². The van der Waals surface area contributed by atoms with Crippen LogP contribution in [0, 0.1) is 5.92 Å². The molecule has 1 aliphatic rings. The molecule has 20 heavy (non-hydrogen) atoms. The number of rotatable bonds is 6. The number of hydrogen-bond donors (Lipinski definition) is 2. The maximum Gasteiger partial charge on any atom is 0.326 e. The quantitative estimate of drug-likeness (QED) is 0.848. The van der Waals surface area contributed by atoms with Crippen LogP contribution in [-0.2, 0) is 9.59 Å². The zero-order valence-electron chi connectivity index (χ0n) is 11.3. The Balaban J connectivity index is 1.94. The molecule has 0 aliphatic heterocycles. The standard InChI is InChI=1S/C15H18ClNO3/c1-2-4-13(15(19)20)17-14(18)12-8-11(12)9-5-3-6-10(16)7-9/h3,5-7,11-13H,2,4,8H2,1H3,(H,17,18)(H,19,20). The molecule has 1 aromatic rings. The van der Waals surface area contributed by atoms with Crippen LogP contribution in [0.1, 0.15) is 37.7 Å². The van der Waals surface area contributed by atoms with Crippen molar-refractivity contribution in [1.82, 2.24) is 5.32 Å². The first-order valence-electron chi connectivity index (χ1n) is 6.81. The minimum Gasteiger partial charge on any atom is -0.480 e. The van der Waals surface area contributed by atoms with Crippen molar-refractivity contribution in [1.29, 1.82) is 0 Å². The van der Waals surface area contributed by atoms with Crippen LogP contribution in [0.4, 0.5) is 0 Å². The van der Waals surface area contributed by atoms with Crippen molar-refractivity contribution in [2.24, 2.45) is 5.92 Å². The van der Waals surface area contributed by atoms with E-state index in [-0.39, 0.29) is 17.7 Å². The van der Waals surface area contributed by atoms with Crippen molar-refractivity contribution in [3.05, 3.63) is 34.9 Å². The van der Waals surface area contributed by atoms with E-state index in [0.29, 0.717) is 11.4 Å². The average Bonchev–Trinajstić information content (AvgIpc) is 3.18. The Labute approximate surface area is 123 Å². The van der Waals surface area contributed by atoms with Gasteiger partial charge in [0.25, 0.3) is 0 Å². The molecule has 0 saturated heterocycles. The lowest BCUT2D eigenvalue weighted by Gasteiger charge is -2.13. The maximum absolute atomic E-state index is 12.1. The summed E-state index contributed by atoms with van der Waals surface area (Å²) in [6.45, 7) is 1.90. The molecule has 5 heteroatoms. The molecular formula is C15H18ClNO3. The zero-order valence-corrected chi connectivity index (χ0v) is 12.1. The molecule has 0 heterocycles. The first-order chi connectivity index (χ1) is 9.52. The maximum atomic E-state index is 12.1. The van der Waals surface area contributed by atoms with Gasteiger partial charge in [-0.2, -0.15) is 0 Å². The summed E-state index contributed by atoms with van der Waals surface area (Å²) in [6.07, 6.45) is 1.93. The van der Waals surface area contributed by atoms with Gasteiger partial charge in [-0.15, -0.1) is 0 Å². The van der Waals surface area contributed by atoms with Gasteiger partial charge in [0.1, 0.15) is 6.04 Å². The van der Waals surface area contributed by atoms with Crippen LogP contribution in [0.2, 0.25) is 5.02 Å². The number of nitrogens with one attached hydrogen (secondary N) is 1. The van der Waals surface area contributed by atoms with Gasteiger partial charge in [-0.25, -0.2) is 4.79 Å². The first-order valence-corrected chi connectivity index (χ1v) is 7.19. The van der Waals surface area contributed by atoms with Gasteiger partial charge in [0.05, 0.1) is 0 Å². The molecule has 3 unspecified atom stereocenters. The minimum absolute atomic E-state index is 0.132. The van der Waals surface area contributed by atoms with E-state index in [1.165, 1.54) is 0 Å². The largest absolute Gasteiger partial charge is 0.480 e. The Morgan fingerprint density at radius 2 is 2.25 bits per heavy atom. The predicted molar refractivity (Wildman–Crippen MR) is 76.8 cm³/mol. The molecule has 1 aromatic carbocycles. The van der Waals surface area contributed by atoms with Crippen molar-refractivity contribution in [3.8, 4) is 0 Å². The molecule has 1 fully saturated rings. The predicted octanol–water partition coefficient (Wildman–Crippen LogP) is 2.81. The van der Waals surface area contributed by atoms with Crippen LogP contribution in [0.25, 0.3) is 0 Å². The second-order valence-electron chi connectivity index (χ2n) is 5.19. The highest BCUT2D eigenvalue weighted by Crippen LogP contribution is 2.48. The van der Waals surface area contributed by atoms with Gasteiger partial charge in [0, 0.05) is 10.9 Å². The summed E-state index contributed by atoms with van der Waals surface area (Å²) >= 11 is 5.93. The van der Waals surface area contributed by atoms with Crippen LogP contribution < -0.4 is 5.32 Å². The van der Waals surface area contributed by atoms with E-state index in [2.05, 4.69) is 5.32 Å². The van der Waals surface area contributed by atoms with Crippen LogP contribution >= 0.6 is 11.6 Å². The normalized spacial score (nSPS) is 22.1. The molecule has 4 nitrogen and oxygen atoms in total. The summed E-state index contributed by atoms with van der Waals surface area (Å²) in [5.41, 5.74) is 1.04. The lowest BCUT2D eigenvalue weighted by Crippen LogP contribution is -2.41. The zero-order chi connectivity index (χ0) is 14.7. The number of aliphatic carboxylic acids is 1. The smallest absolute Gasteiger partial charge is 0.326 e. The van der Waals surface area contributed by atoms with Crippen LogP contribution in [-0.4, -0.2) is 23.0 Å². The second kappa shape index (κ2) is 6.27. The molecule has 1 aliphatic carbocycles. The third-order valence-electron chi connectivity index (χ3n) is 3.60. The Kier molecular flexibility index (Phi) is 4.65. The molecule has 108 valence electrons. The van der Waals surface area contributed by atoms with E-state index in [9.17, 15) is 9.59 Å². The number of amides is 1. The fourth-order valence-electron chi connectivity index (χ4n) is 2.42. The molecule has 0 radical (unpaired) electrons. The van der Waals surface area contributed by atoms with E-state index < -0.39 is 12.0 Å². The highest BCUT2D eigenvalue weighted by molar-refractivity contribution is 6.30. The van der Waals surface area contributed by atoms with Crippen molar-refractivity contribution in [2.45, 2.75) is 38.1 Å². The van der Waals surface area contributed by atoms with Gasteiger partial charge in [0.15, 0.2) is 0 Å². The number of hydrogen-bond acceptors (Lipinski definition) is 2. The van der Waals surface area contributed by atoms with Gasteiger partial charge in [-0.05, 0) is 36.5 Å². The summed E-state index contributed by atoms with van der Waals surface area (Å²) in [5.74, 6) is -1.12. The Bertz CT molecular complexity index is 518. The molecule has 1 saturated carbocycles. The third kappa shape index (κ3) is 3.51. The summed E-state index contributed by atoms with van der Waals surface area (Å²) in [4.78, 5) is 23.1.